The molecule has 0 aromatic carbocycles. The minimum absolute atomic E-state index is 0. The predicted octanol–water partition coefficient (Wildman–Crippen LogP) is -1.63. The van der Waals surface area contributed by atoms with Gasteiger partial charge in [0.05, 0.1) is 0 Å². The molecule has 0 rings (SSSR count). The van der Waals surface area contributed by atoms with Gasteiger partial charge in [-0.3, -0.25) is 0 Å². The van der Waals surface area contributed by atoms with Gasteiger partial charge in [0.2, 0.25) is 0 Å². The molecule has 0 saturated heterocycles. The average Bonchev–Trinajstić information content (AvgIpc) is 1.83. The Morgan fingerprint density at radius 2 is 1.78 bits per heavy atom. The van der Waals surface area contributed by atoms with Crippen LogP contribution in [0.25, 0.3) is 0 Å². The van der Waals surface area contributed by atoms with Gasteiger partial charge in [-0.25, -0.2) is 0 Å². The minimum atomic E-state index is 0. The molecule has 0 aromatic heterocycles. The van der Waals surface area contributed by atoms with Crippen LogP contribution >= 0.6 is 12.6 Å². The van der Waals surface area contributed by atoms with Crippen molar-refractivity contribution in [2.24, 2.45) is 0 Å². The van der Waals surface area contributed by atoms with Gasteiger partial charge in [-0.05, 0) is 13.1 Å². The van der Waals surface area contributed by atoms with Crippen molar-refractivity contribution < 1.29 is 52.8 Å². The van der Waals surface area contributed by atoms with Gasteiger partial charge in [-0.15, -0.1) is 0 Å². The average molecular weight is 173 g/mol. The van der Waals surface area contributed by atoms with E-state index >= 15 is 0 Å². The van der Waals surface area contributed by atoms with E-state index in [0.717, 1.165) is 25.4 Å². The molecule has 0 spiro atoms. The van der Waals surface area contributed by atoms with E-state index in [1.165, 1.54) is 0 Å². The zero-order chi connectivity index (χ0) is 6.41. The molecule has 0 aromatic rings. The van der Waals surface area contributed by atoms with E-state index in [4.69, 9.17) is 0 Å². The number of rotatable bonds is 4. The molecule has 0 aliphatic heterocycles. The van der Waals surface area contributed by atoms with E-state index < -0.39 is 0 Å². The minimum Gasteiger partial charge on any atom is -1.00 e. The number of hydrogen-bond donors (Lipinski definition) is 1. The molecule has 0 fully saturated rings. The van der Waals surface area contributed by atoms with E-state index in [1.54, 1.807) is 0 Å². The van der Waals surface area contributed by atoms with E-state index in [9.17, 15) is 0 Å². The maximum atomic E-state index is 4.13. The molecule has 0 atom stereocenters. The topological polar surface area (TPSA) is 3.24 Å². The molecule has 0 amide bonds. The van der Waals surface area contributed by atoms with Gasteiger partial charge in [-0.2, -0.15) is 12.6 Å². The van der Waals surface area contributed by atoms with Gasteiger partial charge in [0.15, 0.2) is 0 Å². The van der Waals surface area contributed by atoms with E-state index in [0.29, 0.717) is 0 Å². The first-order chi connectivity index (χ1) is 3.85. The second-order valence-electron chi connectivity index (χ2n) is 1.75. The molecule has 52 valence electrons. The largest absolute Gasteiger partial charge is 1.00 e. The summed E-state index contributed by atoms with van der Waals surface area (Å²) < 4.78 is 0. The molecule has 0 bridgehead atoms. The van der Waals surface area contributed by atoms with E-state index in [-0.39, 0.29) is 52.8 Å². The van der Waals surface area contributed by atoms with Crippen LogP contribution in [0.15, 0.2) is 0 Å². The van der Waals surface area contributed by atoms with Crippen molar-refractivity contribution in [1.82, 2.24) is 4.90 Å². The SMILES string of the molecule is CCN(CC)CCS.[H-].[K+]. The summed E-state index contributed by atoms with van der Waals surface area (Å²) in [4.78, 5) is 2.35. The molecule has 0 radical (unpaired) electrons. The van der Waals surface area contributed by atoms with Crippen molar-refractivity contribution in [2.75, 3.05) is 25.4 Å². The molecule has 0 aliphatic carbocycles. The van der Waals surface area contributed by atoms with Gasteiger partial charge in [-0.1, -0.05) is 13.8 Å². The molecular formula is C6H16KNS. The second kappa shape index (κ2) is 9.95. The third kappa shape index (κ3) is 7.85. The number of hydrogen-bond acceptors (Lipinski definition) is 2. The van der Waals surface area contributed by atoms with Crippen LogP contribution in [-0.4, -0.2) is 30.3 Å². The molecule has 9 heavy (non-hydrogen) atoms. The fraction of sp³-hybridized carbons (Fsp3) is 1.00. The summed E-state index contributed by atoms with van der Waals surface area (Å²) in [5.41, 5.74) is 0. The standard InChI is InChI=1S/C6H15NS.K.H/c1-3-7(4-2)5-6-8;;/h8H,3-6H2,1-2H3;;/q;+1;-1. The summed E-state index contributed by atoms with van der Waals surface area (Å²) in [6.07, 6.45) is 0. The third-order valence-electron chi connectivity index (χ3n) is 1.31. The maximum Gasteiger partial charge on any atom is 1.00 e. The Hall–Kier alpha value is 1.95. The van der Waals surface area contributed by atoms with E-state index in [2.05, 4.69) is 31.4 Å². The number of thiol groups is 1. The van der Waals surface area contributed by atoms with Crippen molar-refractivity contribution in [3.8, 4) is 0 Å². The first-order valence-corrected chi connectivity index (χ1v) is 3.81. The van der Waals surface area contributed by atoms with Gasteiger partial charge in [0.1, 0.15) is 0 Å². The van der Waals surface area contributed by atoms with Crippen LogP contribution in [0.4, 0.5) is 0 Å². The van der Waals surface area contributed by atoms with Crippen LogP contribution in [0.3, 0.4) is 0 Å². The molecule has 0 aliphatic rings. The Kier molecular flexibility index (Phi) is 15.0. The molecule has 1 nitrogen and oxygen atoms in total. The Balaban J connectivity index is -0.000000245. The normalized spacial score (nSPS) is 9.33. The summed E-state index contributed by atoms with van der Waals surface area (Å²) in [6, 6.07) is 0. The second-order valence-corrected chi connectivity index (χ2v) is 2.20. The van der Waals surface area contributed by atoms with Crippen LogP contribution < -0.4 is 51.4 Å². The maximum absolute atomic E-state index is 4.13. The zero-order valence-electron chi connectivity index (χ0n) is 7.72. The Bertz CT molecular complexity index is 53.0. The zero-order valence-corrected chi connectivity index (χ0v) is 10.7. The smallest absolute Gasteiger partial charge is 1.00 e. The Morgan fingerprint density at radius 3 is 1.89 bits per heavy atom. The van der Waals surface area contributed by atoms with Gasteiger partial charge in [0.25, 0.3) is 0 Å². The summed E-state index contributed by atoms with van der Waals surface area (Å²) in [5, 5.41) is 0. The summed E-state index contributed by atoms with van der Waals surface area (Å²) in [5.74, 6) is 0.974. The van der Waals surface area contributed by atoms with E-state index in [1.807, 2.05) is 0 Å². The Morgan fingerprint density at radius 1 is 1.33 bits per heavy atom. The van der Waals surface area contributed by atoms with Crippen molar-refractivity contribution in [2.45, 2.75) is 13.8 Å². The van der Waals surface area contributed by atoms with Crippen molar-refractivity contribution in [3.63, 3.8) is 0 Å². The molecule has 3 heteroatoms. The molecular weight excluding hydrogens is 157 g/mol. The summed E-state index contributed by atoms with van der Waals surface area (Å²) in [7, 11) is 0. The monoisotopic (exact) mass is 173 g/mol. The van der Waals surface area contributed by atoms with Crippen LogP contribution in [-0.2, 0) is 0 Å². The van der Waals surface area contributed by atoms with Crippen LogP contribution in [0.1, 0.15) is 15.3 Å². The molecule has 0 N–H and O–H groups in total. The third-order valence-corrected chi connectivity index (χ3v) is 1.51. The van der Waals surface area contributed by atoms with Crippen molar-refractivity contribution in [3.05, 3.63) is 0 Å². The Labute approximate surface area is 108 Å². The first kappa shape index (κ1) is 13.5. The fourth-order valence-corrected chi connectivity index (χ4v) is 0.964. The molecule has 0 heterocycles. The quantitative estimate of drug-likeness (QED) is 0.395. The van der Waals surface area contributed by atoms with Gasteiger partial charge < -0.3 is 6.33 Å². The summed E-state index contributed by atoms with van der Waals surface area (Å²) >= 11 is 4.13. The van der Waals surface area contributed by atoms with Crippen molar-refractivity contribution in [1.29, 1.82) is 0 Å². The van der Waals surface area contributed by atoms with Gasteiger partial charge in [0, 0.05) is 12.3 Å². The number of nitrogens with zero attached hydrogens (tertiary/aromatic N) is 1. The molecule has 0 unspecified atom stereocenters. The first-order valence-electron chi connectivity index (χ1n) is 3.18. The van der Waals surface area contributed by atoms with Crippen LogP contribution in [0.2, 0.25) is 0 Å². The summed E-state index contributed by atoms with van der Waals surface area (Å²) in [6.45, 7) is 7.77. The van der Waals surface area contributed by atoms with Crippen LogP contribution in [0.5, 0.6) is 0 Å². The van der Waals surface area contributed by atoms with Gasteiger partial charge >= 0.3 is 51.4 Å². The van der Waals surface area contributed by atoms with Crippen molar-refractivity contribution >= 4 is 12.6 Å². The molecule has 0 saturated carbocycles. The van der Waals surface area contributed by atoms with Crippen LogP contribution in [0, 0.1) is 0 Å². The fourth-order valence-electron chi connectivity index (χ4n) is 0.681. The predicted molar refractivity (Wildman–Crippen MR) is 42.8 cm³/mol.